The number of amides is 1. The topological polar surface area (TPSA) is 94.0 Å². The molecule has 104 valence electrons. The fourth-order valence-corrected chi connectivity index (χ4v) is 1.75. The van der Waals surface area contributed by atoms with E-state index in [4.69, 9.17) is 5.11 Å². The Labute approximate surface area is 112 Å². The van der Waals surface area contributed by atoms with Gasteiger partial charge in [0.1, 0.15) is 0 Å². The molecule has 1 aromatic carbocycles. The van der Waals surface area contributed by atoms with Crippen LogP contribution in [-0.2, 0) is 22.7 Å². The summed E-state index contributed by atoms with van der Waals surface area (Å²) >= 11 is 0. The first kappa shape index (κ1) is 15.2. The Hall–Kier alpha value is -1.88. The number of benzene rings is 1. The molecule has 0 heterocycles. The number of carbonyl (C=O) groups excluding carboxylic acids is 1. The third-order valence-corrected chi connectivity index (χ3v) is 2.81. The Morgan fingerprint density at radius 1 is 1.16 bits per heavy atom. The molecular weight excluding hydrogens is 244 g/mol. The van der Waals surface area contributed by atoms with E-state index in [1.807, 2.05) is 24.3 Å². The number of unbranched alkanes of at least 4 members (excludes halogenated alkanes) is 1. The maximum absolute atomic E-state index is 11.5. The van der Waals surface area contributed by atoms with E-state index in [9.17, 15) is 9.59 Å². The van der Waals surface area contributed by atoms with Crippen LogP contribution in [0.15, 0.2) is 24.3 Å². The molecule has 0 aromatic heterocycles. The molecule has 19 heavy (non-hydrogen) atoms. The highest BCUT2D eigenvalue weighted by molar-refractivity contribution is 5.75. The summed E-state index contributed by atoms with van der Waals surface area (Å²) < 4.78 is 0. The molecule has 5 nitrogen and oxygen atoms in total. The molecule has 0 radical (unpaired) electrons. The van der Waals surface area contributed by atoms with E-state index >= 15 is 0 Å². The fourth-order valence-electron chi connectivity index (χ4n) is 1.75. The summed E-state index contributed by atoms with van der Waals surface area (Å²) in [6.45, 7) is 1.24. The van der Waals surface area contributed by atoms with Crippen LogP contribution >= 0.6 is 0 Å². The Morgan fingerprint density at radius 3 is 2.53 bits per heavy atom. The number of quaternary nitrogens is 1. The number of hydrogen-bond donors (Lipinski definition) is 3. The normalized spacial score (nSPS) is 10.2. The van der Waals surface area contributed by atoms with E-state index in [1.54, 1.807) is 0 Å². The minimum atomic E-state index is -0.814. The zero-order chi connectivity index (χ0) is 14.1. The first-order chi connectivity index (χ1) is 9.11. The van der Waals surface area contributed by atoms with Crippen LogP contribution in [0.3, 0.4) is 0 Å². The van der Waals surface area contributed by atoms with Crippen molar-refractivity contribution in [2.75, 3.05) is 0 Å². The van der Waals surface area contributed by atoms with Crippen LogP contribution < -0.4 is 11.1 Å². The highest BCUT2D eigenvalue weighted by Gasteiger charge is 2.03. The number of nitrogens with one attached hydrogen (secondary N) is 1. The van der Waals surface area contributed by atoms with E-state index in [1.165, 1.54) is 0 Å². The van der Waals surface area contributed by atoms with E-state index in [2.05, 4.69) is 11.1 Å². The Balaban J connectivity index is 2.24. The first-order valence-corrected chi connectivity index (χ1v) is 6.47. The van der Waals surface area contributed by atoms with Crippen molar-refractivity contribution in [3.63, 3.8) is 0 Å². The van der Waals surface area contributed by atoms with Gasteiger partial charge in [-0.2, -0.15) is 0 Å². The van der Waals surface area contributed by atoms with Crippen LogP contribution in [0.2, 0.25) is 0 Å². The highest BCUT2D eigenvalue weighted by Crippen LogP contribution is 2.04. The van der Waals surface area contributed by atoms with Gasteiger partial charge in [0.05, 0.1) is 6.54 Å². The van der Waals surface area contributed by atoms with E-state index in [0.717, 1.165) is 17.7 Å². The monoisotopic (exact) mass is 265 g/mol. The number of carboxylic acids is 1. The van der Waals surface area contributed by atoms with Gasteiger partial charge in [0.25, 0.3) is 0 Å². The van der Waals surface area contributed by atoms with Crippen molar-refractivity contribution in [3.05, 3.63) is 35.4 Å². The lowest BCUT2D eigenvalue weighted by Gasteiger charge is -2.06. The van der Waals surface area contributed by atoms with E-state index < -0.39 is 5.97 Å². The van der Waals surface area contributed by atoms with Gasteiger partial charge >= 0.3 is 5.97 Å². The molecule has 0 spiro atoms. The van der Waals surface area contributed by atoms with Crippen LogP contribution in [0.5, 0.6) is 0 Å². The number of carboxylic acid groups (broad SMARTS) is 1. The predicted octanol–water partition coefficient (Wildman–Crippen LogP) is 0.690. The fraction of sp³-hybridized carbons (Fsp3) is 0.429. The van der Waals surface area contributed by atoms with Gasteiger partial charge in [-0.05, 0) is 24.5 Å². The van der Waals surface area contributed by atoms with Crippen LogP contribution in [-0.4, -0.2) is 17.0 Å². The van der Waals surface area contributed by atoms with Crippen molar-refractivity contribution in [3.8, 4) is 0 Å². The lowest BCUT2D eigenvalue weighted by Crippen LogP contribution is -2.47. The molecule has 0 bridgehead atoms. The largest absolute Gasteiger partial charge is 0.481 e. The molecule has 5 heteroatoms. The Morgan fingerprint density at radius 2 is 1.84 bits per heavy atom. The average Bonchev–Trinajstić information content (AvgIpc) is 2.41. The van der Waals surface area contributed by atoms with E-state index in [0.29, 0.717) is 25.8 Å². The summed E-state index contributed by atoms with van der Waals surface area (Å²) in [5.74, 6) is -0.851. The van der Waals surface area contributed by atoms with Gasteiger partial charge in [-0.1, -0.05) is 18.2 Å². The summed E-state index contributed by atoms with van der Waals surface area (Å²) in [5, 5.41) is 11.3. The second-order valence-corrected chi connectivity index (χ2v) is 4.45. The van der Waals surface area contributed by atoms with Crippen molar-refractivity contribution in [1.82, 2.24) is 5.32 Å². The Kier molecular flexibility index (Phi) is 6.60. The molecular formula is C14H21N2O3+. The standard InChI is InChI=1S/C14H20N2O3/c15-9-11-4-3-5-12(8-11)10-16-13(17)6-1-2-7-14(18)19/h3-5,8H,1-2,6-7,9-10,15H2,(H,16,17)(H,18,19)/p+1. The highest BCUT2D eigenvalue weighted by atomic mass is 16.4. The zero-order valence-electron chi connectivity index (χ0n) is 11.0. The summed E-state index contributed by atoms with van der Waals surface area (Å²) in [4.78, 5) is 21.9. The number of hydrogen-bond acceptors (Lipinski definition) is 2. The molecule has 0 aliphatic rings. The summed E-state index contributed by atoms with van der Waals surface area (Å²) in [6.07, 6.45) is 1.65. The molecule has 0 aliphatic heterocycles. The third kappa shape index (κ3) is 6.57. The molecule has 0 saturated carbocycles. The molecule has 0 aliphatic carbocycles. The SMILES string of the molecule is [NH3+]Cc1cccc(CNC(=O)CCCCC(=O)O)c1. The molecule has 0 fully saturated rings. The number of aliphatic carboxylic acids is 1. The molecule has 0 atom stereocenters. The van der Waals surface area contributed by atoms with Crippen LogP contribution in [0.4, 0.5) is 0 Å². The second kappa shape index (κ2) is 8.26. The minimum Gasteiger partial charge on any atom is -0.481 e. The molecule has 1 amide bonds. The Bertz CT molecular complexity index is 432. The van der Waals surface area contributed by atoms with Gasteiger partial charge in [-0.25, -0.2) is 0 Å². The van der Waals surface area contributed by atoms with Gasteiger partial charge in [-0.15, -0.1) is 0 Å². The minimum absolute atomic E-state index is 0.0367. The van der Waals surface area contributed by atoms with Crippen molar-refractivity contribution in [2.24, 2.45) is 0 Å². The van der Waals surface area contributed by atoms with Gasteiger partial charge < -0.3 is 16.2 Å². The zero-order valence-corrected chi connectivity index (χ0v) is 11.0. The van der Waals surface area contributed by atoms with Crippen molar-refractivity contribution in [2.45, 2.75) is 38.8 Å². The molecule has 0 saturated heterocycles. The lowest BCUT2D eigenvalue weighted by atomic mass is 10.1. The number of carbonyl (C=O) groups is 2. The smallest absolute Gasteiger partial charge is 0.303 e. The van der Waals surface area contributed by atoms with Crippen molar-refractivity contribution in [1.29, 1.82) is 0 Å². The van der Waals surface area contributed by atoms with E-state index in [-0.39, 0.29) is 12.3 Å². The van der Waals surface area contributed by atoms with Crippen LogP contribution in [0, 0.1) is 0 Å². The average molecular weight is 265 g/mol. The summed E-state index contributed by atoms with van der Waals surface area (Å²) in [7, 11) is 0. The van der Waals surface area contributed by atoms with Gasteiger partial charge in [0, 0.05) is 24.9 Å². The van der Waals surface area contributed by atoms with Crippen LogP contribution in [0.1, 0.15) is 36.8 Å². The van der Waals surface area contributed by atoms with Gasteiger partial charge in [0.15, 0.2) is 0 Å². The van der Waals surface area contributed by atoms with Gasteiger partial charge in [0.2, 0.25) is 5.91 Å². The third-order valence-electron chi connectivity index (χ3n) is 2.81. The second-order valence-electron chi connectivity index (χ2n) is 4.45. The van der Waals surface area contributed by atoms with Crippen LogP contribution in [0.25, 0.3) is 0 Å². The first-order valence-electron chi connectivity index (χ1n) is 6.47. The van der Waals surface area contributed by atoms with Crippen molar-refractivity contribution >= 4 is 11.9 Å². The number of rotatable bonds is 8. The van der Waals surface area contributed by atoms with Crippen molar-refractivity contribution < 1.29 is 20.4 Å². The molecule has 1 aromatic rings. The molecule has 5 N–H and O–H groups in total. The predicted molar refractivity (Wildman–Crippen MR) is 71.0 cm³/mol. The summed E-state index contributed by atoms with van der Waals surface area (Å²) in [5.41, 5.74) is 6.02. The molecule has 1 rings (SSSR count). The maximum atomic E-state index is 11.5. The molecule has 0 unspecified atom stereocenters. The lowest BCUT2D eigenvalue weighted by molar-refractivity contribution is -0.386. The quantitative estimate of drug-likeness (QED) is 0.604. The van der Waals surface area contributed by atoms with Gasteiger partial charge in [-0.3, -0.25) is 9.59 Å². The summed E-state index contributed by atoms with van der Waals surface area (Å²) in [6, 6.07) is 7.95. The maximum Gasteiger partial charge on any atom is 0.303 e.